The maximum atomic E-state index is 12.2. The van der Waals surface area contributed by atoms with Crippen LogP contribution in [0, 0.1) is 11.3 Å². The fourth-order valence-corrected chi connectivity index (χ4v) is 2.46. The molecule has 0 radical (unpaired) electrons. The normalized spacial score (nSPS) is 19.1. The van der Waals surface area contributed by atoms with E-state index in [1.165, 1.54) is 19.3 Å². The van der Waals surface area contributed by atoms with Gasteiger partial charge in [0.2, 0.25) is 5.91 Å². The second kappa shape index (κ2) is 8.93. The van der Waals surface area contributed by atoms with E-state index in [0.717, 1.165) is 13.1 Å². The maximum absolute atomic E-state index is 12.2. The average molecular weight is 280 g/mol. The summed E-state index contributed by atoms with van der Waals surface area (Å²) in [6, 6.07) is 2.93. The molecule has 1 atom stereocenters. The number of carbonyl (C=O) groups excluding carboxylic acids is 1. The van der Waals surface area contributed by atoms with Crippen LogP contribution in [0.4, 0.5) is 0 Å². The lowest BCUT2D eigenvalue weighted by Gasteiger charge is -2.33. The molecule has 0 aliphatic carbocycles. The van der Waals surface area contributed by atoms with E-state index < -0.39 is 0 Å². The molecule has 0 spiro atoms. The molecule has 1 fully saturated rings. The summed E-state index contributed by atoms with van der Waals surface area (Å²) in [5.41, 5.74) is 0. The number of nitriles is 1. The van der Waals surface area contributed by atoms with Crippen molar-refractivity contribution in [2.45, 2.75) is 51.6 Å². The van der Waals surface area contributed by atoms with Crippen LogP contribution in [0.25, 0.3) is 0 Å². The van der Waals surface area contributed by atoms with Crippen molar-refractivity contribution in [1.82, 2.24) is 15.1 Å². The molecule has 1 rings (SSSR count). The fourth-order valence-electron chi connectivity index (χ4n) is 2.46. The molecule has 0 aromatic rings. The van der Waals surface area contributed by atoms with E-state index in [1.54, 1.807) is 11.9 Å². The van der Waals surface area contributed by atoms with Crippen LogP contribution in [0.5, 0.6) is 0 Å². The van der Waals surface area contributed by atoms with E-state index in [2.05, 4.69) is 30.1 Å². The lowest BCUT2D eigenvalue weighted by Crippen LogP contribution is -2.49. The number of hydrogen-bond acceptors (Lipinski definition) is 4. The van der Waals surface area contributed by atoms with Gasteiger partial charge < -0.3 is 10.2 Å². The van der Waals surface area contributed by atoms with Gasteiger partial charge in [-0.15, -0.1) is 0 Å². The number of carbonyl (C=O) groups is 1. The molecule has 0 aromatic heterocycles. The minimum absolute atomic E-state index is 0.102. The van der Waals surface area contributed by atoms with E-state index in [1.807, 2.05) is 0 Å². The second-order valence-corrected chi connectivity index (χ2v) is 5.89. The highest BCUT2D eigenvalue weighted by Crippen LogP contribution is 2.10. The summed E-state index contributed by atoms with van der Waals surface area (Å²) in [4.78, 5) is 16.0. The van der Waals surface area contributed by atoms with E-state index in [4.69, 9.17) is 5.26 Å². The van der Waals surface area contributed by atoms with Gasteiger partial charge in [0.15, 0.2) is 0 Å². The monoisotopic (exact) mass is 280 g/mol. The van der Waals surface area contributed by atoms with Gasteiger partial charge in [0.05, 0.1) is 19.0 Å². The molecule has 1 unspecified atom stereocenters. The highest BCUT2D eigenvalue weighted by Gasteiger charge is 2.21. The van der Waals surface area contributed by atoms with Crippen molar-refractivity contribution in [2.75, 3.05) is 33.2 Å². The summed E-state index contributed by atoms with van der Waals surface area (Å²) in [5, 5.41) is 12.1. The third-order valence-electron chi connectivity index (χ3n) is 3.92. The smallest absolute Gasteiger partial charge is 0.236 e. The van der Waals surface area contributed by atoms with Gasteiger partial charge in [0, 0.05) is 32.2 Å². The lowest BCUT2D eigenvalue weighted by atomic mass is 10.0. The number of nitrogens with zero attached hydrogens (tertiary/aromatic N) is 3. The molecule has 114 valence electrons. The van der Waals surface area contributed by atoms with Gasteiger partial charge >= 0.3 is 0 Å². The quantitative estimate of drug-likeness (QED) is 0.761. The Morgan fingerprint density at radius 3 is 2.75 bits per heavy atom. The standard InChI is InChI=1S/C15H28N4O/c1-13(2)19(11-14-7-4-5-9-17-14)12-15(20)18(3)10-6-8-16/h13-14,17H,4-7,9-12H2,1-3H3. The van der Waals surface area contributed by atoms with Crippen molar-refractivity contribution in [1.29, 1.82) is 5.26 Å². The Morgan fingerprint density at radius 1 is 1.45 bits per heavy atom. The SMILES string of the molecule is CC(C)N(CC(=O)N(C)CCC#N)CC1CCCCN1. The van der Waals surface area contributed by atoms with Crippen LogP contribution in [-0.4, -0.2) is 61.0 Å². The van der Waals surface area contributed by atoms with Crippen LogP contribution in [0.1, 0.15) is 39.5 Å². The molecule has 0 saturated carbocycles. The van der Waals surface area contributed by atoms with Crippen molar-refractivity contribution in [3.05, 3.63) is 0 Å². The molecular weight excluding hydrogens is 252 g/mol. The van der Waals surface area contributed by atoms with E-state index in [0.29, 0.717) is 31.6 Å². The number of piperidine rings is 1. The first-order valence-corrected chi connectivity index (χ1v) is 7.63. The van der Waals surface area contributed by atoms with Gasteiger partial charge in [-0.2, -0.15) is 5.26 Å². The van der Waals surface area contributed by atoms with Gasteiger partial charge in [0.25, 0.3) is 0 Å². The Hall–Kier alpha value is -1.12. The second-order valence-electron chi connectivity index (χ2n) is 5.89. The summed E-state index contributed by atoms with van der Waals surface area (Å²) < 4.78 is 0. The topological polar surface area (TPSA) is 59.4 Å². The summed E-state index contributed by atoms with van der Waals surface area (Å²) in [6.45, 7) is 7.24. The molecule has 5 heteroatoms. The Balaban J connectivity index is 2.45. The van der Waals surface area contributed by atoms with Crippen molar-refractivity contribution in [2.24, 2.45) is 0 Å². The zero-order valence-corrected chi connectivity index (χ0v) is 13.1. The maximum Gasteiger partial charge on any atom is 0.236 e. The van der Waals surface area contributed by atoms with E-state index in [-0.39, 0.29) is 5.91 Å². The van der Waals surface area contributed by atoms with Crippen LogP contribution in [0.2, 0.25) is 0 Å². The van der Waals surface area contributed by atoms with Gasteiger partial charge in [-0.3, -0.25) is 9.69 Å². The molecule has 20 heavy (non-hydrogen) atoms. The molecule has 1 N–H and O–H groups in total. The number of hydrogen-bond donors (Lipinski definition) is 1. The highest BCUT2D eigenvalue weighted by atomic mass is 16.2. The van der Waals surface area contributed by atoms with Crippen molar-refractivity contribution in [3.8, 4) is 6.07 Å². The van der Waals surface area contributed by atoms with E-state index in [9.17, 15) is 4.79 Å². The van der Waals surface area contributed by atoms with Gasteiger partial charge in [0.1, 0.15) is 0 Å². The minimum atomic E-state index is 0.102. The molecule has 0 aromatic carbocycles. The van der Waals surface area contributed by atoms with Crippen LogP contribution < -0.4 is 5.32 Å². The zero-order valence-electron chi connectivity index (χ0n) is 13.1. The highest BCUT2D eigenvalue weighted by molar-refractivity contribution is 5.78. The van der Waals surface area contributed by atoms with Crippen molar-refractivity contribution in [3.63, 3.8) is 0 Å². The Morgan fingerprint density at radius 2 is 2.20 bits per heavy atom. The zero-order chi connectivity index (χ0) is 15.0. The number of nitrogens with one attached hydrogen (secondary N) is 1. The first kappa shape index (κ1) is 16.9. The third-order valence-corrected chi connectivity index (χ3v) is 3.92. The van der Waals surface area contributed by atoms with Crippen LogP contribution in [0.15, 0.2) is 0 Å². The third kappa shape index (κ3) is 5.89. The minimum Gasteiger partial charge on any atom is -0.344 e. The van der Waals surface area contributed by atoms with Gasteiger partial charge in [-0.1, -0.05) is 6.42 Å². The predicted octanol–water partition coefficient (Wildman–Crippen LogP) is 1.21. The molecule has 5 nitrogen and oxygen atoms in total. The van der Waals surface area contributed by atoms with Crippen molar-refractivity contribution >= 4 is 5.91 Å². The number of rotatable bonds is 7. The molecule has 1 amide bonds. The summed E-state index contributed by atoms with van der Waals surface area (Å²) in [7, 11) is 1.77. The molecule has 1 aliphatic rings. The molecule has 1 aliphatic heterocycles. The summed E-state index contributed by atoms with van der Waals surface area (Å²) in [5.74, 6) is 0.102. The molecular formula is C15H28N4O. The van der Waals surface area contributed by atoms with Gasteiger partial charge in [-0.05, 0) is 33.2 Å². The largest absolute Gasteiger partial charge is 0.344 e. The number of amides is 1. The lowest BCUT2D eigenvalue weighted by molar-refractivity contribution is -0.131. The fraction of sp³-hybridized carbons (Fsp3) is 0.867. The average Bonchev–Trinajstić information content (AvgIpc) is 2.44. The van der Waals surface area contributed by atoms with Crippen LogP contribution in [-0.2, 0) is 4.79 Å². The summed E-state index contributed by atoms with van der Waals surface area (Å²) >= 11 is 0. The Bertz CT molecular complexity index is 331. The first-order chi connectivity index (χ1) is 9.54. The Kier molecular flexibility index (Phi) is 7.56. The first-order valence-electron chi connectivity index (χ1n) is 7.63. The van der Waals surface area contributed by atoms with Gasteiger partial charge in [-0.25, -0.2) is 0 Å². The van der Waals surface area contributed by atoms with Crippen LogP contribution in [0.3, 0.4) is 0 Å². The van der Waals surface area contributed by atoms with Crippen molar-refractivity contribution < 1.29 is 4.79 Å². The predicted molar refractivity (Wildman–Crippen MR) is 80.2 cm³/mol. The van der Waals surface area contributed by atoms with E-state index >= 15 is 0 Å². The Labute approximate surface area is 122 Å². The molecule has 1 heterocycles. The number of likely N-dealkylation sites (N-methyl/N-ethyl adjacent to an activating group) is 1. The summed E-state index contributed by atoms with van der Waals surface area (Å²) in [6.07, 6.45) is 4.13. The molecule has 1 saturated heterocycles. The van der Waals surface area contributed by atoms with Crippen LogP contribution >= 0.6 is 0 Å². The molecule has 0 bridgehead atoms.